The lowest BCUT2D eigenvalue weighted by Gasteiger charge is -1.95. The standard InChI is InChI=1S/C9H11NO3/c1-12-9(11)2-4-10-6-8-3-5-13-7-8/h2-5,7,10H,6H2,1H3/b4-2+. The predicted octanol–water partition coefficient (Wildman–Crippen LogP) is 1.06. The van der Waals surface area contributed by atoms with Crippen molar-refractivity contribution in [3.8, 4) is 0 Å². The minimum Gasteiger partial charge on any atom is -0.472 e. The third-order valence-electron chi connectivity index (χ3n) is 1.42. The summed E-state index contributed by atoms with van der Waals surface area (Å²) in [4.78, 5) is 10.6. The lowest BCUT2D eigenvalue weighted by molar-refractivity contribution is -0.134. The van der Waals surface area contributed by atoms with Gasteiger partial charge >= 0.3 is 5.97 Å². The first-order valence-electron chi connectivity index (χ1n) is 3.82. The first kappa shape index (κ1) is 9.38. The van der Waals surface area contributed by atoms with Crippen LogP contribution in [0.1, 0.15) is 5.56 Å². The Balaban J connectivity index is 2.21. The van der Waals surface area contributed by atoms with Gasteiger partial charge in [0.1, 0.15) is 0 Å². The third-order valence-corrected chi connectivity index (χ3v) is 1.42. The van der Waals surface area contributed by atoms with Crippen LogP contribution in [0.15, 0.2) is 35.3 Å². The maximum Gasteiger partial charge on any atom is 0.331 e. The first-order valence-corrected chi connectivity index (χ1v) is 3.82. The van der Waals surface area contributed by atoms with Gasteiger partial charge in [0.15, 0.2) is 0 Å². The van der Waals surface area contributed by atoms with Crippen molar-refractivity contribution >= 4 is 5.97 Å². The number of carbonyl (C=O) groups excluding carboxylic acids is 1. The predicted molar refractivity (Wildman–Crippen MR) is 46.7 cm³/mol. The molecule has 4 nitrogen and oxygen atoms in total. The summed E-state index contributed by atoms with van der Waals surface area (Å²) in [7, 11) is 1.34. The zero-order chi connectivity index (χ0) is 9.52. The molecular weight excluding hydrogens is 170 g/mol. The van der Waals surface area contributed by atoms with E-state index >= 15 is 0 Å². The summed E-state index contributed by atoms with van der Waals surface area (Å²) in [6.45, 7) is 0.629. The van der Waals surface area contributed by atoms with Crippen LogP contribution in [-0.2, 0) is 16.1 Å². The van der Waals surface area contributed by atoms with E-state index in [0.717, 1.165) is 5.56 Å². The monoisotopic (exact) mass is 181 g/mol. The van der Waals surface area contributed by atoms with E-state index in [-0.39, 0.29) is 5.97 Å². The molecule has 0 bridgehead atoms. The highest BCUT2D eigenvalue weighted by Gasteiger charge is 1.91. The Morgan fingerprint density at radius 2 is 2.62 bits per heavy atom. The molecule has 0 spiro atoms. The largest absolute Gasteiger partial charge is 0.472 e. The van der Waals surface area contributed by atoms with Gasteiger partial charge in [0.05, 0.1) is 19.6 Å². The van der Waals surface area contributed by atoms with E-state index in [1.165, 1.54) is 13.2 Å². The topological polar surface area (TPSA) is 51.5 Å². The van der Waals surface area contributed by atoms with Crippen molar-refractivity contribution in [2.75, 3.05) is 7.11 Å². The smallest absolute Gasteiger partial charge is 0.331 e. The molecule has 1 rings (SSSR count). The van der Waals surface area contributed by atoms with Crippen LogP contribution in [0, 0.1) is 0 Å². The Hall–Kier alpha value is -1.71. The van der Waals surface area contributed by atoms with Crippen LogP contribution in [-0.4, -0.2) is 13.1 Å². The number of esters is 1. The molecule has 1 heterocycles. The summed E-state index contributed by atoms with van der Waals surface area (Å²) in [6, 6.07) is 1.85. The molecule has 0 aliphatic rings. The van der Waals surface area contributed by atoms with Crippen LogP contribution in [0.25, 0.3) is 0 Å². The molecule has 0 aliphatic heterocycles. The zero-order valence-corrected chi connectivity index (χ0v) is 7.32. The van der Waals surface area contributed by atoms with Gasteiger partial charge in [-0.25, -0.2) is 4.79 Å². The van der Waals surface area contributed by atoms with Gasteiger partial charge in [0, 0.05) is 24.4 Å². The normalized spacial score (nSPS) is 10.2. The number of hydrogen-bond acceptors (Lipinski definition) is 4. The average Bonchev–Trinajstić information content (AvgIpc) is 2.64. The van der Waals surface area contributed by atoms with Gasteiger partial charge in [-0.05, 0) is 6.07 Å². The summed E-state index contributed by atoms with van der Waals surface area (Å²) < 4.78 is 9.26. The second-order valence-corrected chi connectivity index (χ2v) is 2.37. The van der Waals surface area contributed by atoms with Gasteiger partial charge in [0.2, 0.25) is 0 Å². The Kier molecular flexibility index (Phi) is 3.63. The highest BCUT2D eigenvalue weighted by molar-refractivity contribution is 5.81. The van der Waals surface area contributed by atoms with Crippen LogP contribution in [0.2, 0.25) is 0 Å². The highest BCUT2D eigenvalue weighted by atomic mass is 16.5. The maximum absolute atomic E-state index is 10.6. The van der Waals surface area contributed by atoms with Crippen molar-refractivity contribution in [3.05, 3.63) is 36.4 Å². The SMILES string of the molecule is COC(=O)/C=C/NCc1ccoc1. The minimum atomic E-state index is -0.375. The second-order valence-electron chi connectivity index (χ2n) is 2.37. The molecule has 1 N–H and O–H groups in total. The van der Waals surface area contributed by atoms with Crippen molar-refractivity contribution < 1.29 is 13.9 Å². The van der Waals surface area contributed by atoms with Crippen molar-refractivity contribution in [2.45, 2.75) is 6.54 Å². The van der Waals surface area contributed by atoms with E-state index < -0.39 is 0 Å². The Labute approximate surface area is 76.2 Å². The van der Waals surface area contributed by atoms with E-state index in [0.29, 0.717) is 6.54 Å². The fourth-order valence-electron chi connectivity index (χ4n) is 0.765. The maximum atomic E-state index is 10.6. The molecule has 0 saturated heterocycles. The molecule has 1 aromatic rings. The molecule has 0 aliphatic carbocycles. The van der Waals surface area contributed by atoms with Crippen molar-refractivity contribution in [1.29, 1.82) is 0 Å². The summed E-state index contributed by atoms with van der Waals surface area (Å²) >= 11 is 0. The van der Waals surface area contributed by atoms with Gasteiger partial charge in [-0.2, -0.15) is 0 Å². The lowest BCUT2D eigenvalue weighted by Crippen LogP contribution is -2.05. The number of carbonyl (C=O) groups is 1. The quantitative estimate of drug-likeness (QED) is 0.557. The van der Waals surface area contributed by atoms with Crippen LogP contribution in [0.4, 0.5) is 0 Å². The number of hydrogen-bond donors (Lipinski definition) is 1. The summed E-state index contributed by atoms with van der Waals surface area (Å²) in [6.07, 6.45) is 6.10. The fraction of sp³-hybridized carbons (Fsp3) is 0.222. The first-order chi connectivity index (χ1) is 6.33. The Morgan fingerprint density at radius 3 is 3.23 bits per heavy atom. The lowest BCUT2D eigenvalue weighted by atomic mass is 10.3. The van der Waals surface area contributed by atoms with E-state index in [1.54, 1.807) is 18.7 Å². The Bertz CT molecular complexity index is 277. The van der Waals surface area contributed by atoms with Crippen LogP contribution >= 0.6 is 0 Å². The molecule has 0 amide bonds. The van der Waals surface area contributed by atoms with Gasteiger partial charge in [0.25, 0.3) is 0 Å². The molecule has 13 heavy (non-hydrogen) atoms. The highest BCUT2D eigenvalue weighted by Crippen LogP contribution is 1.97. The van der Waals surface area contributed by atoms with E-state index in [9.17, 15) is 4.79 Å². The zero-order valence-electron chi connectivity index (χ0n) is 7.32. The van der Waals surface area contributed by atoms with Crippen LogP contribution < -0.4 is 5.32 Å². The summed E-state index contributed by atoms with van der Waals surface area (Å²) in [5.41, 5.74) is 1.02. The molecule has 4 heteroatoms. The van der Waals surface area contributed by atoms with Crippen molar-refractivity contribution in [2.24, 2.45) is 0 Å². The van der Waals surface area contributed by atoms with E-state index in [2.05, 4.69) is 10.1 Å². The molecule has 0 saturated carbocycles. The average molecular weight is 181 g/mol. The van der Waals surface area contributed by atoms with Gasteiger partial charge in [-0.1, -0.05) is 0 Å². The molecule has 0 radical (unpaired) electrons. The van der Waals surface area contributed by atoms with Gasteiger partial charge in [-0.15, -0.1) is 0 Å². The number of methoxy groups -OCH3 is 1. The van der Waals surface area contributed by atoms with Gasteiger partial charge in [-0.3, -0.25) is 0 Å². The molecule has 0 fully saturated rings. The molecule has 70 valence electrons. The molecule has 0 aromatic carbocycles. The number of rotatable bonds is 4. The number of ether oxygens (including phenoxy) is 1. The molecule has 1 aromatic heterocycles. The molecule has 0 atom stereocenters. The minimum absolute atomic E-state index is 0.375. The van der Waals surface area contributed by atoms with E-state index in [4.69, 9.17) is 4.42 Å². The van der Waals surface area contributed by atoms with E-state index in [1.807, 2.05) is 6.07 Å². The summed E-state index contributed by atoms with van der Waals surface area (Å²) in [5, 5.41) is 2.91. The summed E-state index contributed by atoms with van der Waals surface area (Å²) in [5.74, 6) is -0.375. The molecule has 0 unspecified atom stereocenters. The third kappa shape index (κ3) is 3.46. The van der Waals surface area contributed by atoms with Gasteiger partial charge < -0.3 is 14.5 Å². The fourth-order valence-corrected chi connectivity index (χ4v) is 0.765. The van der Waals surface area contributed by atoms with Crippen molar-refractivity contribution in [3.63, 3.8) is 0 Å². The Morgan fingerprint density at radius 1 is 1.77 bits per heavy atom. The van der Waals surface area contributed by atoms with Crippen LogP contribution in [0.5, 0.6) is 0 Å². The number of nitrogens with one attached hydrogen (secondary N) is 1. The number of furan rings is 1. The van der Waals surface area contributed by atoms with Crippen molar-refractivity contribution in [1.82, 2.24) is 5.32 Å². The second kappa shape index (κ2) is 5.03. The van der Waals surface area contributed by atoms with Crippen LogP contribution in [0.3, 0.4) is 0 Å². The molecular formula is C9H11NO3.